The molecule has 0 unspecified atom stereocenters. The molecule has 11 nitrogen and oxygen atoms in total. The Morgan fingerprint density at radius 2 is 1.51 bits per heavy atom. The van der Waals surface area contributed by atoms with Crippen LogP contribution in [0.3, 0.4) is 0 Å². The zero-order valence-corrected chi connectivity index (χ0v) is 27.9. The third-order valence-electron chi connectivity index (χ3n) is 7.13. The molecule has 3 rings (SSSR count). The van der Waals surface area contributed by atoms with Crippen LogP contribution in [0.25, 0.3) is 0 Å². The molecule has 0 saturated heterocycles. The number of rotatable bonds is 15. The quantitative estimate of drug-likeness (QED) is 0.256. The SMILES string of the molecule is CC[C@@H](C(=O)NC(C)C)N(Cc1cccc(C)c1)C(=O)CN(c1cc(OC)ccc1OC)S(=O)(=O)c1ccc(OC)c(OC)c1. The standard InChI is InChI=1S/C33H43N3O8S/c1-9-27(33(38)34-22(2)3)35(20-24-12-10-11-23(4)17-24)32(37)21-36(28-18-25(41-5)13-15-29(28)42-6)45(39,40)26-14-16-30(43-7)31(19-26)44-8/h10-19,22,27H,9,20-21H2,1-8H3,(H,34,38)/t27-/m0/s1. The van der Waals surface area contributed by atoms with Gasteiger partial charge in [-0.1, -0.05) is 36.8 Å². The number of aryl methyl sites for hydroxylation is 1. The highest BCUT2D eigenvalue weighted by Crippen LogP contribution is 2.38. The number of hydrogen-bond donors (Lipinski definition) is 1. The van der Waals surface area contributed by atoms with E-state index in [-0.39, 0.29) is 40.6 Å². The van der Waals surface area contributed by atoms with E-state index in [2.05, 4.69) is 5.32 Å². The van der Waals surface area contributed by atoms with E-state index in [0.717, 1.165) is 15.4 Å². The maximum absolute atomic E-state index is 14.4. The number of methoxy groups -OCH3 is 4. The van der Waals surface area contributed by atoms with Crippen LogP contribution in [0.5, 0.6) is 23.0 Å². The van der Waals surface area contributed by atoms with E-state index in [1.54, 1.807) is 12.1 Å². The van der Waals surface area contributed by atoms with Crippen molar-refractivity contribution in [2.24, 2.45) is 0 Å². The van der Waals surface area contributed by atoms with Gasteiger partial charge in [0.2, 0.25) is 11.8 Å². The first-order valence-corrected chi connectivity index (χ1v) is 16.0. The maximum Gasteiger partial charge on any atom is 0.265 e. The van der Waals surface area contributed by atoms with E-state index in [1.807, 2.05) is 52.0 Å². The normalized spacial score (nSPS) is 11.8. The predicted octanol–water partition coefficient (Wildman–Crippen LogP) is 4.56. The number of hydrogen-bond acceptors (Lipinski definition) is 8. The highest BCUT2D eigenvalue weighted by atomic mass is 32.2. The lowest BCUT2D eigenvalue weighted by Gasteiger charge is -2.34. The lowest BCUT2D eigenvalue weighted by atomic mass is 10.1. The zero-order valence-electron chi connectivity index (χ0n) is 27.1. The molecule has 3 aromatic rings. The molecule has 0 saturated carbocycles. The smallest absolute Gasteiger partial charge is 0.265 e. The molecule has 0 spiro atoms. The minimum atomic E-state index is -4.43. The Morgan fingerprint density at radius 3 is 2.09 bits per heavy atom. The van der Waals surface area contributed by atoms with E-state index in [0.29, 0.717) is 17.9 Å². The lowest BCUT2D eigenvalue weighted by molar-refractivity contribution is -0.140. The van der Waals surface area contributed by atoms with Crippen LogP contribution >= 0.6 is 0 Å². The summed E-state index contributed by atoms with van der Waals surface area (Å²) >= 11 is 0. The topological polar surface area (TPSA) is 124 Å². The molecule has 0 heterocycles. The number of nitrogens with one attached hydrogen (secondary N) is 1. The molecule has 0 aromatic heterocycles. The maximum atomic E-state index is 14.4. The van der Waals surface area contributed by atoms with Gasteiger partial charge in [-0.05, 0) is 57.0 Å². The van der Waals surface area contributed by atoms with Gasteiger partial charge in [-0.3, -0.25) is 13.9 Å². The van der Waals surface area contributed by atoms with E-state index < -0.39 is 28.5 Å². The Morgan fingerprint density at radius 1 is 0.844 bits per heavy atom. The Balaban J connectivity index is 2.20. The fourth-order valence-corrected chi connectivity index (χ4v) is 6.35. The van der Waals surface area contributed by atoms with Crippen LogP contribution in [0.15, 0.2) is 65.6 Å². The van der Waals surface area contributed by atoms with Gasteiger partial charge in [0.15, 0.2) is 11.5 Å². The van der Waals surface area contributed by atoms with Crippen molar-refractivity contribution in [3.05, 3.63) is 71.8 Å². The third kappa shape index (κ3) is 8.39. The highest BCUT2D eigenvalue weighted by Gasteiger charge is 2.35. The van der Waals surface area contributed by atoms with Crippen molar-refractivity contribution in [1.82, 2.24) is 10.2 Å². The number of benzene rings is 3. The number of carbonyl (C=O) groups is 2. The fraction of sp³-hybridized carbons (Fsp3) is 0.394. The van der Waals surface area contributed by atoms with Crippen LogP contribution in [-0.2, 0) is 26.2 Å². The summed E-state index contributed by atoms with van der Waals surface area (Å²) in [7, 11) is 1.27. The second kappa shape index (κ2) is 15.5. The molecule has 0 radical (unpaired) electrons. The summed E-state index contributed by atoms with van der Waals surface area (Å²) in [6, 6.07) is 15.4. The van der Waals surface area contributed by atoms with Crippen LogP contribution in [0.1, 0.15) is 38.3 Å². The van der Waals surface area contributed by atoms with Gasteiger partial charge in [0.05, 0.1) is 39.0 Å². The molecule has 0 bridgehead atoms. The van der Waals surface area contributed by atoms with Crippen LogP contribution in [-0.4, -0.2) is 72.2 Å². The van der Waals surface area contributed by atoms with Crippen LogP contribution in [0, 0.1) is 6.92 Å². The van der Waals surface area contributed by atoms with Gasteiger partial charge in [0.1, 0.15) is 24.1 Å². The van der Waals surface area contributed by atoms with Gasteiger partial charge in [0.25, 0.3) is 10.0 Å². The van der Waals surface area contributed by atoms with E-state index in [9.17, 15) is 18.0 Å². The van der Waals surface area contributed by atoms with E-state index >= 15 is 0 Å². The van der Waals surface area contributed by atoms with Crippen molar-refractivity contribution < 1.29 is 37.0 Å². The molecule has 2 amide bonds. The summed E-state index contributed by atoms with van der Waals surface area (Å²) in [4.78, 5) is 29.0. The molecular weight excluding hydrogens is 598 g/mol. The molecule has 0 aliphatic carbocycles. The molecule has 1 atom stereocenters. The van der Waals surface area contributed by atoms with Gasteiger partial charge < -0.3 is 29.2 Å². The number of carbonyl (C=O) groups excluding carboxylic acids is 2. The van der Waals surface area contributed by atoms with Crippen LogP contribution in [0.2, 0.25) is 0 Å². The molecular formula is C33H43N3O8S. The molecule has 0 aliphatic heterocycles. The molecule has 244 valence electrons. The highest BCUT2D eigenvalue weighted by molar-refractivity contribution is 7.92. The summed E-state index contributed by atoms with van der Waals surface area (Å²) in [6.07, 6.45) is 0.307. The number of anilines is 1. The second-order valence-corrected chi connectivity index (χ2v) is 12.5. The number of amides is 2. The van der Waals surface area contributed by atoms with Gasteiger partial charge in [-0.15, -0.1) is 0 Å². The first-order valence-electron chi connectivity index (χ1n) is 14.5. The lowest BCUT2D eigenvalue weighted by Crippen LogP contribution is -2.53. The van der Waals surface area contributed by atoms with E-state index in [4.69, 9.17) is 18.9 Å². The Labute approximate surface area is 266 Å². The monoisotopic (exact) mass is 641 g/mol. The minimum absolute atomic E-state index is 0.0789. The number of sulfonamides is 1. The van der Waals surface area contributed by atoms with Gasteiger partial charge in [-0.25, -0.2) is 8.42 Å². The summed E-state index contributed by atoms with van der Waals surface area (Å²) in [6.45, 7) is 6.87. The van der Waals surface area contributed by atoms with E-state index in [1.165, 1.54) is 57.6 Å². The molecule has 0 fully saturated rings. The van der Waals surface area contributed by atoms with Gasteiger partial charge in [-0.2, -0.15) is 0 Å². The number of nitrogens with zero attached hydrogens (tertiary/aromatic N) is 2. The molecule has 3 aromatic carbocycles. The predicted molar refractivity (Wildman–Crippen MR) is 173 cm³/mol. The molecule has 12 heteroatoms. The van der Waals surface area contributed by atoms with Crippen molar-refractivity contribution in [1.29, 1.82) is 0 Å². The molecule has 0 aliphatic rings. The minimum Gasteiger partial charge on any atom is -0.497 e. The zero-order chi connectivity index (χ0) is 33.3. The van der Waals surface area contributed by atoms with Crippen molar-refractivity contribution in [3.63, 3.8) is 0 Å². The Hall–Kier alpha value is -4.45. The summed E-state index contributed by atoms with van der Waals surface area (Å²) < 4.78 is 51.4. The first-order chi connectivity index (χ1) is 21.4. The summed E-state index contributed by atoms with van der Waals surface area (Å²) in [5.74, 6) is 0.162. The molecule has 1 N–H and O–H groups in total. The largest absolute Gasteiger partial charge is 0.497 e. The van der Waals surface area contributed by atoms with Crippen molar-refractivity contribution in [3.8, 4) is 23.0 Å². The van der Waals surface area contributed by atoms with Crippen LogP contribution in [0.4, 0.5) is 5.69 Å². The average Bonchev–Trinajstić information content (AvgIpc) is 3.02. The summed E-state index contributed by atoms with van der Waals surface area (Å²) in [5, 5.41) is 2.90. The Bertz CT molecular complexity index is 1590. The Kier molecular flexibility index (Phi) is 12.1. The van der Waals surface area contributed by atoms with Crippen LogP contribution < -0.4 is 28.6 Å². The summed E-state index contributed by atoms with van der Waals surface area (Å²) in [5.41, 5.74) is 1.86. The van der Waals surface area contributed by atoms with Crippen molar-refractivity contribution in [2.75, 3.05) is 39.3 Å². The third-order valence-corrected chi connectivity index (χ3v) is 8.88. The second-order valence-electron chi connectivity index (χ2n) is 10.7. The molecule has 45 heavy (non-hydrogen) atoms. The first kappa shape index (κ1) is 35.0. The van der Waals surface area contributed by atoms with Gasteiger partial charge >= 0.3 is 0 Å². The number of ether oxygens (including phenoxy) is 4. The van der Waals surface area contributed by atoms with Gasteiger partial charge in [0, 0.05) is 24.7 Å². The average molecular weight is 642 g/mol. The van der Waals surface area contributed by atoms with Crippen molar-refractivity contribution in [2.45, 2.75) is 57.6 Å². The fourth-order valence-electron chi connectivity index (χ4n) is 4.92. The van der Waals surface area contributed by atoms with Crippen molar-refractivity contribution >= 4 is 27.5 Å².